The summed E-state index contributed by atoms with van der Waals surface area (Å²) in [6, 6.07) is 19.4. The molecule has 0 aliphatic heterocycles. The molecule has 5 rings (SSSR count). The molecule has 2 aromatic heterocycles. The second kappa shape index (κ2) is 12.8. The van der Waals surface area contributed by atoms with Crippen molar-refractivity contribution in [3.63, 3.8) is 0 Å². The Morgan fingerprint density at radius 3 is 2.68 bits per heavy atom. The predicted molar refractivity (Wildman–Crippen MR) is 160 cm³/mol. The van der Waals surface area contributed by atoms with Crippen LogP contribution in [0.5, 0.6) is 5.75 Å². The minimum Gasteiger partial charge on any atom is -0.497 e. The Bertz CT molecular complexity index is 1660. The van der Waals surface area contributed by atoms with E-state index in [9.17, 15) is 9.59 Å². The molecule has 0 radical (unpaired) electrons. The van der Waals surface area contributed by atoms with Gasteiger partial charge in [-0.2, -0.15) is 4.98 Å². The smallest absolute Gasteiger partial charge is 0.249 e. The topological polar surface area (TPSA) is 110 Å². The molecule has 3 aromatic carbocycles. The number of fused-ring (bicyclic) bond motifs is 2. The normalized spacial score (nSPS) is 12.1. The lowest BCUT2D eigenvalue weighted by Crippen LogP contribution is -2.30. The molecule has 0 saturated heterocycles. The maximum atomic E-state index is 13.4. The number of unbranched alkanes of at least 4 members (excludes halogenated alkanes) is 2. The van der Waals surface area contributed by atoms with Gasteiger partial charge in [0.25, 0.3) is 0 Å². The zero-order valence-electron chi connectivity index (χ0n) is 23.8. The summed E-state index contributed by atoms with van der Waals surface area (Å²) in [6.07, 6.45) is 4.50. The van der Waals surface area contributed by atoms with Crippen LogP contribution in [0.4, 0.5) is 0 Å². The summed E-state index contributed by atoms with van der Waals surface area (Å²) in [4.78, 5) is 33.2. The highest BCUT2D eigenvalue weighted by atomic mass is 16.5. The van der Waals surface area contributed by atoms with E-state index in [4.69, 9.17) is 14.2 Å². The highest BCUT2D eigenvalue weighted by molar-refractivity contribution is 5.95. The van der Waals surface area contributed by atoms with Crippen molar-refractivity contribution in [1.82, 2.24) is 20.4 Å². The number of methoxy groups -OCH3 is 1. The van der Waals surface area contributed by atoms with Crippen LogP contribution in [0.1, 0.15) is 68.6 Å². The largest absolute Gasteiger partial charge is 0.497 e. The van der Waals surface area contributed by atoms with Crippen LogP contribution in [0.25, 0.3) is 33.1 Å². The Morgan fingerprint density at radius 2 is 1.85 bits per heavy atom. The number of amides is 1. The minimum absolute atomic E-state index is 0.132. The highest BCUT2D eigenvalue weighted by Crippen LogP contribution is 2.30. The number of ketones is 1. The fourth-order valence-corrected chi connectivity index (χ4v) is 5.31. The van der Waals surface area contributed by atoms with Gasteiger partial charge in [-0.25, -0.2) is 0 Å². The molecule has 0 fully saturated rings. The number of aromatic amines is 1. The minimum atomic E-state index is -0.444. The molecule has 0 aliphatic rings. The molecule has 0 spiro atoms. The highest BCUT2D eigenvalue weighted by Gasteiger charge is 2.23. The average molecular weight is 553 g/mol. The van der Waals surface area contributed by atoms with Gasteiger partial charge in [0, 0.05) is 35.0 Å². The Labute approximate surface area is 239 Å². The van der Waals surface area contributed by atoms with Crippen LogP contribution in [0.3, 0.4) is 0 Å². The third-order valence-corrected chi connectivity index (χ3v) is 7.61. The average Bonchev–Trinajstić information content (AvgIpc) is 3.60. The van der Waals surface area contributed by atoms with Crippen molar-refractivity contribution >= 4 is 33.4 Å². The molecular weight excluding hydrogens is 516 g/mol. The fraction of sp³-hybridized carbons (Fsp3) is 0.333. The second-order valence-corrected chi connectivity index (χ2v) is 10.4. The lowest BCUT2D eigenvalue weighted by atomic mass is 10.0. The van der Waals surface area contributed by atoms with Crippen molar-refractivity contribution in [2.45, 2.75) is 64.8 Å². The molecule has 0 bridgehead atoms. The Balaban J connectivity index is 1.36. The van der Waals surface area contributed by atoms with Crippen LogP contribution >= 0.6 is 0 Å². The number of ether oxygens (including phenoxy) is 1. The lowest BCUT2D eigenvalue weighted by molar-refractivity contribution is -0.121. The third-order valence-electron chi connectivity index (χ3n) is 7.61. The zero-order chi connectivity index (χ0) is 28.8. The monoisotopic (exact) mass is 552 g/mol. The van der Waals surface area contributed by atoms with E-state index in [2.05, 4.69) is 27.6 Å². The van der Waals surface area contributed by atoms with Crippen LogP contribution < -0.4 is 10.1 Å². The quantitative estimate of drug-likeness (QED) is 0.152. The summed E-state index contributed by atoms with van der Waals surface area (Å²) in [5.74, 6) is 1.75. The first-order valence-electron chi connectivity index (χ1n) is 14.2. The zero-order valence-corrected chi connectivity index (χ0v) is 23.8. The molecule has 0 aliphatic carbocycles. The first-order chi connectivity index (χ1) is 20.0. The number of aromatic nitrogens is 3. The molecule has 2 heterocycles. The third kappa shape index (κ3) is 6.48. The van der Waals surface area contributed by atoms with Gasteiger partial charge < -0.3 is 19.6 Å². The van der Waals surface area contributed by atoms with E-state index in [-0.39, 0.29) is 18.1 Å². The first-order valence-corrected chi connectivity index (χ1v) is 14.2. The van der Waals surface area contributed by atoms with Crippen LogP contribution in [-0.4, -0.2) is 33.9 Å². The first kappa shape index (κ1) is 28.1. The Kier molecular flexibility index (Phi) is 8.77. The molecule has 41 heavy (non-hydrogen) atoms. The van der Waals surface area contributed by atoms with Gasteiger partial charge in [-0.1, -0.05) is 67.4 Å². The maximum Gasteiger partial charge on any atom is 0.249 e. The number of nitrogens with one attached hydrogen (secondary N) is 2. The maximum absolute atomic E-state index is 13.4. The fourth-order valence-electron chi connectivity index (χ4n) is 5.31. The molecule has 8 heteroatoms. The van der Waals surface area contributed by atoms with Gasteiger partial charge in [0.1, 0.15) is 17.6 Å². The van der Waals surface area contributed by atoms with E-state index in [0.717, 1.165) is 63.5 Å². The number of hydrogen-bond acceptors (Lipinski definition) is 6. The molecule has 8 nitrogen and oxygen atoms in total. The predicted octanol–water partition coefficient (Wildman–Crippen LogP) is 7.02. The summed E-state index contributed by atoms with van der Waals surface area (Å²) in [5.41, 5.74) is 3.71. The van der Waals surface area contributed by atoms with Crippen LogP contribution in [0, 0.1) is 6.92 Å². The molecule has 5 aromatic rings. The number of nitrogens with zero attached hydrogens (tertiary/aromatic N) is 2. The molecular formula is C33H36N4O4. The van der Waals surface area contributed by atoms with Crippen molar-refractivity contribution in [2.24, 2.45) is 0 Å². The van der Waals surface area contributed by atoms with E-state index in [1.807, 2.05) is 62.4 Å². The summed E-state index contributed by atoms with van der Waals surface area (Å²) >= 11 is 0. The molecule has 1 amide bonds. The number of carbonyl (C=O) groups excluding carboxylic acids is 2. The van der Waals surface area contributed by atoms with Gasteiger partial charge in [-0.15, -0.1) is 0 Å². The number of benzene rings is 3. The molecule has 2 N–H and O–H groups in total. The van der Waals surface area contributed by atoms with E-state index in [0.29, 0.717) is 31.0 Å². The van der Waals surface area contributed by atoms with Gasteiger partial charge >= 0.3 is 0 Å². The number of rotatable bonds is 13. The Morgan fingerprint density at radius 1 is 1.02 bits per heavy atom. The summed E-state index contributed by atoms with van der Waals surface area (Å²) < 4.78 is 11.2. The summed E-state index contributed by atoms with van der Waals surface area (Å²) in [6.45, 7) is 3.86. The van der Waals surface area contributed by atoms with Gasteiger partial charge in [0.05, 0.1) is 13.5 Å². The van der Waals surface area contributed by atoms with E-state index in [1.165, 1.54) is 0 Å². The van der Waals surface area contributed by atoms with Crippen molar-refractivity contribution in [1.29, 1.82) is 0 Å². The van der Waals surface area contributed by atoms with E-state index >= 15 is 0 Å². The number of Topliss-reactive ketones (excluding diaryl/α,β-unsaturated/α-hetero) is 1. The van der Waals surface area contributed by atoms with Crippen LogP contribution in [0.2, 0.25) is 0 Å². The van der Waals surface area contributed by atoms with Crippen LogP contribution in [-0.2, 0) is 16.0 Å². The van der Waals surface area contributed by atoms with Crippen molar-refractivity contribution in [3.05, 3.63) is 77.8 Å². The molecule has 0 saturated carbocycles. The van der Waals surface area contributed by atoms with Crippen molar-refractivity contribution in [2.75, 3.05) is 7.11 Å². The number of H-pyrrole nitrogens is 1. The summed E-state index contributed by atoms with van der Waals surface area (Å²) in [7, 11) is 1.63. The van der Waals surface area contributed by atoms with E-state index in [1.54, 1.807) is 7.11 Å². The SMILES string of the molecule is CCC(=O)CCCCC[C@H](NC(=O)Cc1c(C)[nH]c2ccc(OC)cc12)c1nc(-c2cccc3ccccc23)no1. The Hall–Kier alpha value is -4.46. The van der Waals surface area contributed by atoms with E-state index < -0.39 is 6.04 Å². The number of aryl methyl sites for hydroxylation is 1. The molecule has 0 unspecified atom stereocenters. The molecule has 212 valence electrons. The van der Waals surface area contributed by atoms with Gasteiger partial charge in [0.2, 0.25) is 17.6 Å². The summed E-state index contributed by atoms with van der Waals surface area (Å²) in [5, 5.41) is 10.5. The number of hydrogen-bond donors (Lipinski definition) is 2. The van der Waals surface area contributed by atoms with Gasteiger partial charge in [-0.05, 0) is 54.3 Å². The second-order valence-electron chi connectivity index (χ2n) is 10.4. The van der Waals surface area contributed by atoms with Crippen molar-refractivity contribution in [3.8, 4) is 17.1 Å². The standard InChI is InChI=1S/C33H36N4O4/c1-4-23(38)13-6-5-7-16-30(33-36-32(37-41-33)26-15-10-12-22-11-8-9-14-25(22)26)35-31(39)20-27-21(2)34-29-18-17-24(40-3)19-28(27)29/h8-12,14-15,17-19,30,34H,4-7,13,16,20H2,1-3H3,(H,35,39)/t30-/m0/s1. The molecule has 1 atom stereocenters. The van der Waals surface area contributed by atoms with Gasteiger partial charge in [0.15, 0.2) is 0 Å². The van der Waals surface area contributed by atoms with Gasteiger partial charge in [-0.3, -0.25) is 9.59 Å². The number of carbonyl (C=O) groups is 2. The van der Waals surface area contributed by atoms with Crippen molar-refractivity contribution < 1.29 is 18.8 Å². The lowest BCUT2D eigenvalue weighted by Gasteiger charge is -2.15. The van der Waals surface area contributed by atoms with Crippen LogP contribution in [0.15, 0.2) is 65.2 Å².